The van der Waals surface area contributed by atoms with Gasteiger partial charge in [-0.25, -0.2) is 4.21 Å². The van der Waals surface area contributed by atoms with Gasteiger partial charge in [0.15, 0.2) is 0 Å². The fourth-order valence-electron chi connectivity index (χ4n) is 1.35. The zero-order valence-electron chi connectivity index (χ0n) is 9.05. The standard InChI is InChI=1S/C9H18N2O4S/c10-8(9(12)13)2-4-16(11,14)3-1-7-5-15-6-7/h7-8,11H,1-6,10H2,(H,12,13)/t8-,16?/m0/s1. The summed E-state index contributed by atoms with van der Waals surface area (Å²) in [5.74, 6) is -0.316. The number of carboxylic acids is 1. The van der Waals surface area contributed by atoms with Crippen LogP contribution >= 0.6 is 0 Å². The van der Waals surface area contributed by atoms with Crippen LogP contribution in [-0.4, -0.2) is 46.0 Å². The van der Waals surface area contributed by atoms with Gasteiger partial charge in [-0.3, -0.25) is 9.57 Å². The summed E-state index contributed by atoms with van der Waals surface area (Å²) in [5, 5.41) is 8.55. The highest BCUT2D eigenvalue weighted by Crippen LogP contribution is 2.15. The minimum Gasteiger partial charge on any atom is -0.480 e. The quantitative estimate of drug-likeness (QED) is 0.582. The Morgan fingerprint density at radius 1 is 1.56 bits per heavy atom. The van der Waals surface area contributed by atoms with Crippen LogP contribution in [0.2, 0.25) is 0 Å². The van der Waals surface area contributed by atoms with E-state index in [1.165, 1.54) is 0 Å². The molecule has 1 rings (SSSR count). The Bertz CT molecular complexity index is 337. The number of carbonyl (C=O) groups is 1. The van der Waals surface area contributed by atoms with Gasteiger partial charge in [-0.2, -0.15) is 0 Å². The third-order valence-electron chi connectivity index (χ3n) is 2.64. The monoisotopic (exact) mass is 250 g/mol. The molecule has 16 heavy (non-hydrogen) atoms. The second-order valence-electron chi connectivity index (χ2n) is 4.15. The summed E-state index contributed by atoms with van der Waals surface area (Å²) in [5.41, 5.74) is 5.29. The van der Waals surface area contributed by atoms with Crippen molar-refractivity contribution < 1.29 is 18.8 Å². The van der Waals surface area contributed by atoms with Crippen molar-refractivity contribution in [2.45, 2.75) is 18.9 Å². The predicted octanol–water partition coefficient (Wildman–Crippen LogP) is -0.128. The summed E-state index contributed by atoms with van der Waals surface area (Å²) in [6.45, 7) is 1.37. The molecule has 1 aliphatic heterocycles. The van der Waals surface area contributed by atoms with Crippen molar-refractivity contribution in [1.29, 1.82) is 4.78 Å². The lowest BCUT2D eigenvalue weighted by atomic mass is 10.1. The molecule has 1 saturated heterocycles. The van der Waals surface area contributed by atoms with Crippen molar-refractivity contribution in [3.63, 3.8) is 0 Å². The molecule has 7 heteroatoms. The van der Waals surface area contributed by atoms with Gasteiger partial charge >= 0.3 is 5.97 Å². The van der Waals surface area contributed by atoms with E-state index in [1.54, 1.807) is 0 Å². The molecular formula is C9H18N2O4S. The molecular weight excluding hydrogens is 232 g/mol. The van der Waals surface area contributed by atoms with Crippen molar-refractivity contribution in [3.05, 3.63) is 0 Å². The Morgan fingerprint density at radius 2 is 2.19 bits per heavy atom. The first-order chi connectivity index (χ1) is 7.41. The van der Waals surface area contributed by atoms with Crippen LogP contribution in [0.1, 0.15) is 12.8 Å². The zero-order chi connectivity index (χ0) is 12.2. The maximum Gasteiger partial charge on any atom is 0.320 e. The Morgan fingerprint density at radius 3 is 2.62 bits per heavy atom. The summed E-state index contributed by atoms with van der Waals surface area (Å²) < 4.78 is 24.3. The zero-order valence-corrected chi connectivity index (χ0v) is 9.87. The predicted molar refractivity (Wildman–Crippen MR) is 59.8 cm³/mol. The smallest absolute Gasteiger partial charge is 0.320 e. The van der Waals surface area contributed by atoms with Gasteiger partial charge in [-0.15, -0.1) is 0 Å². The van der Waals surface area contributed by atoms with E-state index in [1.807, 2.05) is 0 Å². The highest BCUT2D eigenvalue weighted by atomic mass is 32.2. The third kappa shape index (κ3) is 4.46. The highest BCUT2D eigenvalue weighted by Gasteiger charge is 2.21. The lowest BCUT2D eigenvalue weighted by Crippen LogP contribution is -2.33. The lowest BCUT2D eigenvalue weighted by Gasteiger charge is -2.26. The van der Waals surface area contributed by atoms with Crippen LogP contribution in [0, 0.1) is 10.7 Å². The van der Waals surface area contributed by atoms with Gasteiger partial charge in [0.2, 0.25) is 0 Å². The number of rotatable bonds is 7. The van der Waals surface area contributed by atoms with Gasteiger partial charge in [0, 0.05) is 27.2 Å². The van der Waals surface area contributed by atoms with Crippen LogP contribution < -0.4 is 5.73 Å². The van der Waals surface area contributed by atoms with Gasteiger partial charge in [0.25, 0.3) is 0 Å². The van der Waals surface area contributed by atoms with E-state index >= 15 is 0 Å². The number of nitrogens with two attached hydrogens (primary N) is 1. The first-order valence-electron chi connectivity index (χ1n) is 5.21. The van der Waals surface area contributed by atoms with Crippen molar-refractivity contribution in [1.82, 2.24) is 0 Å². The Labute approximate surface area is 95.1 Å². The molecule has 0 aromatic rings. The summed E-state index contributed by atoms with van der Waals surface area (Å²) >= 11 is 0. The average Bonchev–Trinajstić information content (AvgIpc) is 2.11. The molecule has 94 valence electrons. The fourth-order valence-corrected chi connectivity index (χ4v) is 2.90. The van der Waals surface area contributed by atoms with Gasteiger partial charge in [0.1, 0.15) is 6.04 Å². The number of hydrogen-bond donors (Lipinski definition) is 3. The molecule has 6 nitrogen and oxygen atoms in total. The molecule has 0 bridgehead atoms. The van der Waals surface area contributed by atoms with Crippen LogP contribution in [-0.2, 0) is 19.3 Å². The molecule has 0 spiro atoms. The molecule has 0 amide bonds. The summed E-state index contributed by atoms with van der Waals surface area (Å²) in [4.78, 5) is 10.4. The van der Waals surface area contributed by atoms with E-state index in [9.17, 15) is 9.00 Å². The van der Waals surface area contributed by atoms with E-state index in [0.717, 1.165) is 0 Å². The second kappa shape index (κ2) is 5.60. The number of hydrogen-bond acceptors (Lipinski definition) is 5. The van der Waals surface area contributed by atoms with Crippen LogP contribution in [0.4, 0.5) is 0 Å². The largest absolute Gasteiger partial charge is 0.480 e. The molecule has 1 heterocycles. The van der Waals surface area contributed by atoms with E-state index < -0.39 is 21.7 Å². The normalized spacial score (nSPS) is 22.1. The molecule has 2 atom stereocenters. The lowest BCUT2D eigenvalue weighted by molar-refractivity contribution is -0.138. The molecule has 1 fully saturated rings. The Kier molecular flexibility index (Phi) is 4.69. The van der Waals surface area contributed by atoms with Crippen LogP contribution in [0.15, 0.2) is 0 Å². The van der Waals surface area contributed by atoms with Gasteiger partial charge in [-0.1, -0.05) is 0 Å². The highest BCUT2D eigenvalue weighted by molar-refractivity contribution is 7.92. The summed E-state index contributed by atoms with van der Waals surface area (Å²) in [6, 6.07) is -1.02. The van der Waals surface area contributed by atoms with Crippen molar-refractivity contribution in [2.24, 2.45) is 11.7 Å². The van der Waals surface area contributed by atoms with E-state index in [0.29, 0.717) is 31.3 Å². The molecule has 0 aromatic heterocycles. The van der Waals surface area contributed by atoms with E-state index in [2.05, 4.69) is 0 Å². The molecule has 0 saturated carbocycles. The van der Waals surface area contributed by atoms with Crippen molar-refractivity contribution in [3.8, 4) is 0 Å². The van der Waals surface area contributed by atoms with Crippen molar-refractivity contribution in [2.75, 3.05) is 24.7 Å². The topological polar surface area (TPSA) is 113 Å². The number of ether oxygens (including phenoxy) is 1. The molecule has 1 aliphatic rings. The third-order valence-corrected chi connectivity index (χ3v) is 4.43. The van der Waals surface area contributed by atoms with Gasteiger partial charge in [0.05, 0.1) is 13.2 Å². The minimum absolute atomic E-state index is 0.0635. The Hall–Kier alpha value is -0.660. The molecule has 4 N–H and O–H groups in total. The number of aliphatic carboxylic acids is 1. The van der Waals surface area contributed by atoms with Gasteiger partial charge in [-0.05, 0) is 12.8 Å². The minimum atomic E-state index is -2.68. The molecule has 0 aliphatic carbocycles. The maximum atomic E-state index is 11.7. The van der Waals surface area contributed by atoms with E-state index in [-0.39, 0.29) is 12.2 Å². The van der Waals surface area contributed by atoms with Crippen molar-refractivity contribution >= 4 is 15.7 Å². The first-order valence-corrected chi connectivity index (χ1v) is 7.10. The summed E-state index contributed by atoms with van der Waals surface area (Å²) in [6.07, 6.45) is 0.809. The first kappa shape index (κ1) is 13.4. The number of carboxylic acid groups (broad SMARTS) is 1. The number of nitrogens with one attached hydrogen (secondary N) is 1. The van der Waals surface area contributed by atoms with Crippen LogP contribution in [0.5, 0.6) is 0 Å². The molecule has 0 aromatic carbocycles. The molecule has 0 radical (unpaired) electrons. The Balaban J connectivity index is 2.24. The average molecular weight is 250 g/mol. The van der Waals surface area contributed by atoms with E-state index in [4.69, 9.17) is 20.4 Å². The maximum absolute atomic E-state index is 11.7. The fraction of sp³-hybridized carbons (Fsp3) is 0.889. The van der Waals surface area contributed by atoms with Gasteiger partial charge < -0.3 is 15.6 Å². The second-order valence-corrected chi connectivity index (χ2v) is 6.59. The SMILES string of the molecule is N=S(=O)(CCC1COC1)CC[C@H](N)C(=O)O. The van der Waals surface area contributed by atoms with Crippen LogP contribution in [0.3, 0.4) is 0 Å². The summed E-state index contributed by atoms with van der Waals surface area (Å²) in [7, 11) is -2.68. The molecule has 1 unspecified atom stereocenters. The van der Waals surface area contributed by atoms with Crippen LogP contribution in [0.25, 0.3) is 0 Å².